The highest BCUT2D eigenvalue weighted by molar-refractivity contribution is 9.10. The third-order valence-electron chi connectivity index (χ3n) is 2.19. The first-order valence-corrected chi connectivity index (χ1v) is 6.94. The maximum absolute atomic E-state index is 11.9. The lowest BCUT2D eigenvalue weighted by Gasteiger charge is -2.06. The lowest BCUT2D eigenvalue weighted by molar-refractivity contribution is 0.103. The first kappa shape index (κ1) is 13.3. The molecule has 0 saturated carbocycles. The normalized spacial score (nSPS) is 10.4. The summed E-state index contributed by atoms with van der Waals surface area (Å²) in [6, 6.07) is 3.16. The van der Waals surface area contributed by atoms with Gasteiger partial charge in [-0.3, -0.25) is 9.59 Å². The van der Waals surface area contributed by atoms with E-state index in [1.165, 1.54) is 15.9 Å². The Hall–Kier alpha value is -1.11. The highest BCUT2D eigenvalue weighted by atomic mass is 79.9. The Labute approximate surface area is 120 Å². The molecule has 0 saturated heterocycles. The fraction of sp³-hybridized carbons (Fsp3) is 0.0909. The number of anilines is 1. The van der Waals surface area contributed by atoms with Gasteiger partial charge in [-0.15, -0.1) is 11.3 Å². The Bertz CT molecular complexity index is 639. The molecule has 7 heteroatoms. The Morgan fingerprint density at radius 3 is 2.78 bits per heavy atom. The van der Waals surface area contributed by atoms with Crippen molar-refractivity contribution in [1.82, 2.24) is 4.57 Å². The summed E-state index contributed by atoms with van der Waals surface area (Å²) in [5.74, 6) is -0.252. The van der Waals surface area contributed by atoms with Crippen LogP contribution in [0.2, 0.25) is 5.02 Å². The molecule has 1 N–H and O–H groups in total. The number of hydrogen-bond acceptors (Lipinski definition) is 3. The van der Waals surface area contributed by atoms with Crippen LogP contribution >= 0.6 is 38.9 Å². The van der Waals surface area contributed by atoms with Gasteiger partial charge in [0.2, 0.25) is 0 Å². The van der Waals surface area contributed by atoms with Crippen LogP contribution in [0.1, 0.15) is 9.67 Å². The molecule has 0 aliphatic heterocycles. The van der Waals surface area contributed by atoms with Crippen molar-refractivity contribution in [2.75, 3.05) is 5.32 Å². The van der Waals surface area contributed by atoms with Crippen molar-refractivity contribution in [2.45, 2.75) is 0 Å². The number of pyridine rings is 1. The van der Waals surface area contributed by atoms with Crippen LogP contribution in [0.25, 0.3) is 0 Å². The molecule has 0 aliphatic carbocycles. The van der Waals surface area contributed by atoms with E-state index in [0.717, 1.165) is 0 Å². The molecule has 94 valence electrons. The number of nitrogens with zero attached hydrogens (tertiary/aromatic N) is 1. The minimum Gasteiger partial charge on any atom is -0.320 e. The van der Waals surface area contributed by atoms with Gasteiger partial charge >= 0.3 is 0 Å². The fourth-order valence-corrected chi connectivity index (χ4v) is 2.86. The van der Waals surface area contributed by atoms with Crippen LogP contribution in [0.3, 0.4) is 0 Å². The standard InChI is InChI=1S/C11H8BrClN2O2S/c1-15-4-7(3-8(12)11(15)17)14-10(16)9-2-6(13)5-18-9/h2-5H,1H3,(H,14,16). The topological polar surface area (TPSA) is 51.1 Å². The number of rotatable bonds is 2. The summed E-state index contributed by atoms with van der Waals surface area (Å²) in [5, 5.41) is 4.93. The van der Waals surface area contributed by atoms with Gasteiger partial charge in [-0.25, -0.2) is 0 Å². The van der Waals surface area contributed by atoms with Crippen LogP contribution in [0, 0.1) is 0 Å². The van der Waals surface area contributed by atoms with Crippen LogP contribution in [-0.4, -0.2) is 10.5 Å². The molecule has 2 rings (SSSR count). The molecule has 0 unspecified atom stereocenters. The van der Waals surface area contributed by atoms with Crippen molar-refractivity contribution in [2.24, 2.45) is 7.05 Å². The lowest BCUT2D eigenvalue weighted by atomic mass is 10.3. The van der Waals surface area contributed by atoms with Gasteiger partial charge in [0, 0.05) is 18.6 Å². The monoisotopic (exact) mass is 346 g/mol. The van der Waals surface area contributed by atoms with Crippen molar-refractivity contribution in [3.8, 4) is 0 Å². The van der Waals surface area contributed by atoms with Gasteiger partial charge in [0.1, 0.15) is 0 Å². The van der Waals surface area contributed by atoms with E-state index in [1.807, 2.05) is 0 Å². The van der Waals surface area contributed by atoms with Crippen LogP contribution < -0.4 is 10.9 Å². The molecule has 2 heterocycles. The Balaban J connectivity index is 2.25. The first-order chi connectivity index (χ1) is 8.47. The van der Waals surface area contributed by atoms with Crippen LogP contribution in [-0.2, 0) is 7.05 Å². The molecule has 0 aliphatic rings. The summed E-state index contributed by atoms with van der Waals surface area (Å²) in [5.41, 5.74) is 0.380. The van der Waals surface area contributed by atoms with Gasteiger partial charge < -0.3 is 9.88 Å². The Morgan fingerprint density at radius 1 is 1.50 bits per heavy atom. The largest absolute Gasteiger partial charge is 0.320 e. The van der Waals surface area contributed by atoms with Crippen molar-refractivity contribution < 1.29 is 4.79 Å². The van der Waals surface area contributed by atoms with E-state index in [4.69, 9.17) is 11.6 Å². The molecule has 0 spiro atoms. The Morgan fingerprint density at radius 2 is 2.22 bits per heavy atom. The number of halogens is 2. The maximum atomic E-state index is 11.9. The molecule has 0 bridgehead atoms. The SMILES string of the molecule is Cn1cc(NC(=O)c2cc(Cl)cs2)cc(Br)c1=O. The molecular weight excluding hydrogens is 340 g/mol. The number of aryl methyl sites for hydroxylation is 1. The molecule has 0 radical (unpaired) electrons. The van der Waals surface area contributed by atoms with E-state index in [9.17, 15) is 9.59 Å². The molecule has 4 nitrogen and oxygen atoms in total. The summed E-state index contributed by atoms with van der Waals surface area (Å²) in [6.45, 7) is 0. The second kappa shape index (κ2) is 5.26. The fourth-order valence-electron chi connectivity index (χ4n) is 1.36. The average molecular weight is 348 g/mol. The van der Waals surface area contributed by atoms with Crippen LogP contribution in [0.15, 0.2) is 33.0 Å². The number of carbonyl (C=O) groups is 1. The molecule has 2 aromatic heterocycles. The number of thiophene rings is 1. The highest BCUT2D eigenvalue weighted by Gasteiger charge is 2.10. The molecule has 0 atom stereocenters. The second-order valence-corrected chi connectivity index (χ2v) is 5.78. The number of hydrogen-bond donors (Lipinski definition) is 1. The predicted octanol–water partition coefficient (Wildman–Crippen LogP) is 3.12. The minimum atomic E-state index is -0.252. The number of amides is 1. The highest BCUT2D eigenvalue weighted by Crippen LogP contribution is 2.20. The van der Waals surface area contributed by atoms with Crippen molar-refractivity contribution in [3.05, 3.63) is 48.4 Å². The zero-order valence-corrected chi connectivity index (χ0v) is 12.4. The van der Waals surface area contributed by atoms with E-state index in [1.54, 1.807) is 30.8 Å². The van der Waals surface area contributed by atoms with Crippen LogP contribution in [0.4, 0.5) is 5.69 Å². The third-order valence-corrected chi connectivity index (χ3v) is 4.03. The minimum absolute atomic E-state index is 0.160. The second-order valence-electron chi connectivity index (χ2n) is 3.58. The zero-order chi connectivity index (χ0) is 13.3. The molecule has 0 aromatic carbocycles. The van der Waals surface area contributed by atoms with Gasteiger partial charge in [0.05, 0.1) is 20.1 Å². The summed E-state index contributed by atoms with van der Waals surface area (Å²) in [6.07, 6.45) is 1.56. The van der Waals surface area contributed by atoms with Gasteiger partial charge in [0.25, 0.3) is 11.5 Å². The smallest absolute Gasteiger partial charge is 0.265 e. The molecular formula is C11H8BrClN2O2S. The number of aromatic nitrogens is 1. The van der Waals surface area contributed by atoms with Gasteiger partial charge in [0.15, 0.2) is 0 Å². The van der Waals surface area contributed by atoms with Crippen molar-refractivity contribution in [3.63, 3.8) is 0 Å². The van der Waals surface area contributed by atoms with Crippen molar-refractivity contribution in [1.29, 1.82) is 0 Å². The molecule has 18 heavy (non-hydrogen) atoms. The van der Waals surface area contributed by atoms with E-state index < -0.39 is 0 Å². The average Bonchev–Trinajstić information content (AvgIpc) is 2.72. The number of carbonyl (C=O) groups excluding carboxylic acids is 1. The first-order valence-electron chi connectivity index (χ1n) is 4.89. The van der Waals surface area contributed by atoms with Crippen LogP contribution in [0.5, 0.6) is 0 Å². The van der Waals surface area contributed by atoms with Gasteiger partial charge in [-0.1, -0.05) is 11.6 Å². The molecule has 2 aromatic rings. The summed E-state index contributed by atoms with van der Waals surface area (Å²) >= 11 is 10.2. The van der Waals surface area contributed by atoms with E-state index in [0.29, 0.717) is 20.1 Å². The van der Waals surface area contributed by atoms with Gasteiger partial charge in [-0.2, -0.15) is 0 Å². The van der Waals surface area contributed by atoms with E-state index in [-0.39, 0.29) is 11.5 Å². The lowest BCUT2D eigenvalue weighted by Crippen LogP contribution is -2.19. The maximum Gasteiger partial charge on any atom is 0.265 e. The quantitative estimate of drug-likeness (QED) is 0.907. The van der Waals surface area contributed by atoms with Crippen molar-refractivity contribution >= 4 is 50.5 Å². The summed E-state index contributed by atoms with van der Waals surface area (Å²) in [7, 11) is 1.62. The van der Waals surface area contributed by atoms with Gasteiger partial charge in [-0.05, 0) is 28.1 Å². The zero-order valence-electron chi connectivity index (χ0n) is 9.24. The number of nitrogens with one attached hydrogen (secondary N) is 1. The summed E-state index contributed by atoms with van der Waals surface area (Å²) in [4.78, 5) is 23.9. The molecule has 0 fully saturated rings. The summed E-state index contributed by atoms with van der Waals surface area (Å²) < 4.78 is 1.79. The molecule has 1 amide bonds. The van der Waals surface area contributed by atoms with E-state index >= 15 is 0 Å². The third kappa shape index (κ3) is 2.82. The Kier molecular flexibility index (Phi) is 3.89. The predicted molar refractivity (Wildman–Crippen MR) is 76.7 cm³/mol. The van der Waals surface area contributed by atoms with E-state index in [2.05, 4.69) is 21.2 Å².